The summed E-state index contributed by atoms with van der Waals surface area (Å²) in [4.78, 5) is 0. The van der Waals surface area contributed by atoms with Crippen molar-refractivity contribution >= 4 is 16.8 Å². The molecule has 4 aliphatic rings. The van der Waals surface area contributed by atoms with E-state index in [2.05, 4.69) is 94.4 Å². The third kappa shape index (κ3) is 5.15. The molecule has 54 heavy (non-hydrogen) atoms. The highest BCUT2D eigenvalue weighted by Gasteiger charge is 2.55. The van der Waals surface area contributed by atoms with Crippen molar-refractivity contribution in [3.63, 3.8) is 0 Å². The highest BCUT2D eigenvalue weighted by Crippen LogP contribution is 2.67. The molecule has 5 aromatic rings. The van der Waals surface area contributed by atoms with Crippen LogP contribution in [0.4, 0.5) is 0 Å². The van der Waals surface area contributed by atoms with Gasteiger partial charge in [-0.2, -0.15) is 0 Å². The van der Waals surface area contributed by atoms with Crippen LogP contribution in [0.25, 0.3) is 28.0 Å². The average Bonchev–Trinajstić information content (AvgIpc) is 3.43. The summed E-state index contributed by atoms with van der Waals surface area (Å²) in [7, 11) is 4.92. The van der Waals surface area contributed by atoms with E-state index in [9.17, 15) is 5.11 Å². The number of aliphatic hydroxyl groups excluding tert-OH is 1. The van der Waals surface area contributed by atoms with Gasteiger partial charge in [-0.1, -0.05) is 82.3 Å². The van der Waals surface area contributed by atoms with Gasteiger partial charge in [-0.3, -0.25) is 0 Å². The Morgan fingerprint density at radius 1 is 0.722 bits per heavy atom. The van der Waals surface area contributed by atoms with Crippen LogP contribution in [0, 0.1) is 10.8 Å². The minimum atomic E-state index is -0.985. The Morgan fingerprint density at radius 3 is 1.91 bits per heavy atom. The lowest BCUT2D eigenvalue weighted by Gasteiger charge is -2.52. The smallest absolute Gasteiger partial charge is 0.239 e. The van der Waals surface area contributed by atoms with Gasteiger partial charge >= 0.3 is 0 Å². The van der Waals surface area contributed by atoms with E-state index >= 15 is 0 Å². The predicted molar refractivity (Wildman–Crippen MR) is 211 cm³/mol. The predicted octanol–water partition coefficient (Wildman–Crippen LogP) is 9.81. The molecular weight excluding hydrogens is 677 g/mol. The fraction of sp³-hybridized carbons (Fsp3) is 0.362. The number of methoxy groups -OCH3 is 3. The molecule has 2 aliphatic carbocycles. The standard InChI is InChI=1S/C47H48O7/c1-44(2)25-45(3,4)27-46(26-44)36-11-9-8-10-32(36)40-34-22-37-38(53-43(51-7)39(24-48)52-37)23-35(34)42-33(41(40)46)20-21-47(54-42,28-12-16-30(49-5)17-13-28)29-14-18-31(50-6)19-15-29/h8-23,39,43,48H,24-27H2,1-7H3. The second-order valence-corrected chi connectivity index (χ2v) is 17.0. The first-order valence-electron chi connectivity index (χ1n) is 18.9. The van der Waals surface area contributed by atoms with Gasteiger partial charge in [-0.25, -0.2) is 0 Å². The summed E-state index contributed by atoms with van der Waals surface area (Å²) in [6, 6.07) is 29.3. The Morgan fingerprint density at radius 2 is 1.31 bits per heavy atom. The normalized spacial score (nSPS) is 21.9. The summed E-state index contributed by atoms with van der Waals surface area (Å²) >= 11 is 0. The number of rotatable bonds is 6. The van der Waals surface area contributed by atoms with Crippen molar-refractivity contribution in [3.8, 4) is 39.9 Å². The Labute approximate surface area is 317 Å². The van der Waals surface area contributed by atoms with Crippen LogP contribution in [-0.2, 0) is 15.8 Å². The zero-order valence-corrected chi connectivity index (χ0v) is 32.1. The van der Waals surface area contributed by atoms with Crippen LogP contribution >= 0.6 is 0 Å². The molecule has 1 fully saturated rings. The van der Waals surface area contributed by atoms with Crippen LogP contribution in [0.5, 0.6) is 28.7 Å². The average molecular weight is 725 g/mol. The first kappa shape index (κ1) is 34.8. The van der Waals surface area contributed by atoms with Crippen molar-refractivity contribution < 1.29 is 33.5 Å². The quantitative estimate of drug-likeness (QED) is 0.187. The lowest BCUT2D eigenvalue weighted by Crippen LogP contribution is -2.44. The molecule has 9 rings (SSSR count). The molecule has 0 aromatic heterocycles. The number of hydrogen-bond donors (Lipinski definition) is 1. The minimum absolute atomic E-state index is 0.0871. The number of hydrogen-bond acceptors (Lipinski definition) is 7. The van der Waals surface area contributed by atoms with Gasteiger partial charge in [0, 0.05) is 34.6 Å². The maximum absolute atomic E-state index is 10.3. The molecule has 278 valence electrons. The van der Waals surface area contributed by atoms with Crippen molar-refractivity contribution in [1.82, 2.24) is 0 Å². The van der Waals surface area contributed by atoms with Crippen LogP contribution < -0.4 is 23.7 Å². The lowest BCUT2D eigenvalue weighted by molar-refractivity contribution is -0.146. The van der Waals surface area contributed by atoms with Gasteiger partial charge in [0.2, 0.25) is 6.29 Å². The SMILES string of the molecule is COc1ccc(C2(c3ccc(OC)cc3)C=Cc3c4c(c5cc6c(cc5c3O2)OC(OC)C(CO)O6)-c2ccccc2C42CC(C)(C)CC(C)(C)C2)cc1. The zero-order valence-electron chi connectivity index (χ0n) is 32.1. The monoisotopic (exact) mass is 724 g/mol. The van der Waals surface area contributed by atoms with Gasteiger partial charge < -0.3 is 33.5 Å². The topological polar surface area (TPSA) is 75.6 Å². The Bertz CT molecular complexity index is 2240. The largest absolute Gasteiger partial charge is 0.497 e. The first-order chi connectivity index (χ1) is 25.9. The molecule has 2 aliphatic heterocycles. The molecule has 1 spiro atoms. The molecule has 2 heterocycles. The van der Waals surface area contributed by atoms with E-state index in [0.29, 0.717) is 11.5 Å². The number of aliphatic hydroxyl groups is 1. The molecule has 0 amide bonds. The first-order valence-corrected chi connectivity index (χ1v) is 18.9. The van der Waals surface area contributed by atoms with Crippen molar-refractivity contribution in [2.24, 2.45) is 10.8 Å². The van der Waals surface area contributed by atoms with Crippen molar-refractivity contribution in [3.05, 3.63) is 119 Å². The molecule has 5 aromatic carbocycles. The van der Waals surface area contributed by atoms with Crippen LogP contribution in [-0.4, -0.2) is 45.4 Å². The summed E-state index contributed by atoms with van der Waals surface area (Å²) in [6.07, 6.45) is 6.26. The molecule has 0 radical (unpaired) electrons. The second kappa shape index (κ2) is 12.3. The third-order valence-corrected chi connectivity index (χ3v) is 12.1. The van der Waals surface area contributed by atoms with E-state index < -0.39 is 18.0 Å². The summed E-state index contributed by atoms with van der Waals surface area (Å²) in [5.74, 6) is 3.44. The fourth-order valence-corrected chi connectivity index (χ4v) is 10.7. The minimum Gasteiger partial charge on any atom is -0.497 e. The molecule has 0 bridgehead atoms. The van der Waals surface area contributed by atoms with Crippen molar-refractivity contribution in [1.29, 1.82) is 0 Å². The zero-order chi connectivity index (χ0) is 37.6. The summed E-state index contributed by atoms with van der Waals surface area (Å²) in [5.41, 5.74) is 7.08. The van der Waals surface area contributed by atoms with E-state index in [1.807, 2.05) is 30.3 Å². The summed E-state index contributed by atoms with van der Waals surface area (Å²) < 4.78 is 37.3. The van der Waals surface area contributed by atoms with Crippen LogP contribution in [0.15, 0.2) is 91.0 Å². The number of benzene rings is 5. The fourth-order valence-electron chi connectivity index (χ4n) is 10.7. The number of fused-ring (bicyclic) bond motifs is 11. The molecule has 7 nitrogen and oxygen atoms in total. The maximum atomic E-state index is 10.3. The van der Waals surface area contributed by atoms with E-state index in [4.69, 9.17) is 28.4 Å². The highest BCUT2D eigenvalue weighted by molar-refractivity contribution is 6.09. The Balaban J connectivity index is 1.38. The Hall–Kier alpha value is -4.98. The molecule has 1 saturated carbocycles. The van der Waals surface area contributed by atoms with Gasteiger partial charge in [0.15, 0.2) is 23.2 Å². The van der Waals surface area contributed by atoms with Crippen molar-refractivity contribution in [2.75, 3.05) is 27.9 Å². The summed E-state index contributed by atoms with van der Waals surface area (Å²) in [6.45, 7) is 9.47. The van der Waals surface area contributed by atoms with E-state index in [0.717, 1.165) is 64.0 Å². The molecule has 1 N–H and O–H groups in total. The number of ether oxygens (including phenoxy) is 6. The summed E-state index contributed by atoms with van der Waals surface area (Å²) in [5, 5.41) is 12.2. The molecule has 7 heteroatoms. The van der Waals surface area contributed by atoms with Crippen LogP contribution in [0.1, 0.15) is 74.8 Å². The van der Waals surface area contributed by atoms with Crippen molar-refractivity contribution in [2.45, 2.75) is 70.4 Å². The maximum Gasteiger partial charge on any atom is 0.239 e. The second-order valence-electron chi connectivity index (χ2n) is 17.0. The van der Waals surface area contributed by atoms with E-state index in [1.165, 1.54) is 22.3 Å². The van der Waals surface area contributed by atoms with Gasteiger partial charge in [0.1, 0.15) is 17.2 Å². The van der Waals surface area contributed by atoms with Crippen LogP contribution in [0.2, 0.25) is 0 Å². The third-order valence-electron chi connectivity index (χ3n) is 12.1. The van der Waals surface area contributed by atoms with Crippen LogP contribution in [0.3, 0.4) is 0 Å². The molecule has 2 unspecified atom stereocenters. The lowest BCUT2D eigenvalue weighted by atomic mass is 9.52. The molecule has 2 atom stereocenters. The Kier molecular flexibility index (Phi) is 7.90. The van der Waals surface area contributed by atoms with Gasteiger partial charge in [-0.05, 0) is 100 Å². The molecular formula is C47H48O7. The van der Waals surface area contributed by atoms with Gasteiger partial charge in [-0.15, -0.1) is 0 Å². The molecule has 0 saturated heterocycles. The van der Waals surface area contributed by atoms with E-state index in [-0.39, 0.29) is 22.9 Å². The van der Waals surface area contributed by atoms with Gasteiger partial charge in [0.25, 0.3) is 0 Å². The van der Waals surface area contributed by atoms with Gasteiger partial charge in [0.05, 0.1) is 20.8 Å². The highest BCUT2D eigenvalue weighted by atomic mass is 16.7. The van der Waals surface area contributed by atoms with E-state index in [1.54, 1.807) is 21.3 Å².